The molecule has 2 atom stereocenters. The van der Waals surface area contributed by atoms with Crippen LogP contribution in [0.15, 0.2) is 36.9 Å². The van der Waals surface area contributed by atoms with Crippen molar-refractivity contribution in [2.45, 2.75) is 38.0 Å². The highest BCUT2D eigenvalue weighted by Gasteiger charge is 2.29. The number of halogens is 1. The van der Waals surface area contributed by atoms with E-state index in [2.05, 4.69) is 11.3 Å². The summed E-state index contributed by atoms with van der Waals surface area (Å²) in [7, 11) is 0. The van der Waals surface area contributed by atoms with Crippen LogP contribution >= 0.6 is 0 Å². The smallest absolute Gasteiger partial charge is 0.136 e. The third kappa shape index (κ3) is 4.44. The van der Waals surface area contributed by atoms with E-state index in [0.717, 1.165) is 5.56 Å². The summed E-state index contributed by atoms with van der Waals surface area (Å²) in [6, 6.07) is 6.12. The van der Waals surface area contributed by atoms with Gasteiger partial charge in [-0.05, 0) is 44.9 Å². The molecule has 0 bridgehead atoms. The van der Waals surface area contributed by atoms with Gasteiger partial charge in [0.05, 0.1) is 6.04 Å². The molecule has 2 nitrogen and oxygen atoms in total. The SMILES string of the molecule is C=CCC(N[S+]([O-])C(C)(C)C)c1ccc(F)cc1. The van der Waals surface area contributed by atoms with Crippen LogP contribution in [0.2, 0.25) is 0 Å². The summed E-state index contributed by atoms with van der Waals surface area (Å²) in [5, 5.41) is 0. The monoisotopic (exact) mass is 269 g/mol. The van der Waals surface area contributed by atoms with Gasteiger partial charge in [-0.25, -0.2) is 4.39 Å². The molecule has 0 aliphatic heterocycles. The normalized spacial score (nSPS) is 15.2. The second-order valence-corrected chi connectivity index (χ2v) is 7.13. The molecule has 4 heteroatoms. The van der Waals surface area contributed by atoms with Crippen molar-refractivity contribution in [2.24, 2.45) is 0 Å². The van der Waals surface area contributed by atoms with E-state index in [0.29, 0.717) is 6.42 Å². The van der Waals surface area contributed by atoms with Gasteiger partial charge in [-0.2, -0.15) is 0 Å². The first-order valence-corrected chi connectivity index (χ1v) is 7.04. The Labute approximate surface area is 112 Å². The fourth-order valence-corrected chi connectivity index (χ4v) is 2.26. The van der Waals surface area contributed by atoms with Crippen LogP contribution < -0.4 is 4.72 Å². The summed E-state index contributed by atoms with van der Waals surface area (Å²) in [5.74, 6) is -0.270. The van der Waals surface area contributed by atoms with E-state index >= 15 is 0 Å². The van der Waals surface area contributed by atoms with Crippen molar-refractivity contribution in [2.75, 3.05) is 0 Å². The van der Waals surface area contributed by atoms with E-state index < -0.39 is 11.4 Å². The molecule has 0 saturated carbocycles. The van der Waals surface area contributed by atoms with Gasteiger partial charge in [0, 0.05) is 11.4 Å². The Bertz CT molecular complexity index is 386. The Morgan fingerprint density at radius 1 is 1.39 bits per heavy atom. The highest BCUT2D eigenvalue weighted by atomic mass is 32.2. The minimum absolute atomic E-state index is 0.108. The van der Waals surface area contributed by atoms with Gasteiger partial charge in [-0.1, -0.05) is 18.2 Å². The lowest BCUT2D eigenvalue weighted by Gasteiger charge is -2.27. The summed E-state index contributed by atoms with van der Waals surface area (Å²) in [4.78, 5) is 0. The van der Waals surface area contributed by atoms with Crippen LogP contribution in [-0.4, -0.2) is 9.30 Å². The van der Waals surface area contributed by atoms with Gasteiger partial charge in [-0.15, -0.1) is 11.3 Å². The van der Waals surface area contributed by atoms with E-state index in [-0.39, 0.29) is 16.6 Å². The number of rotatable bonds is 5. The molecule has 1 rings (SSSR count). The largest absolute Gasteiger partial charge is 0.598 e. The quantitative estimate of drug-likeness (QED) is 0.656. The van der Waals surface area contributed by atoms with Gasteiger partial charge in [-0.3, -0.25) is 0 Å². The van der Waals surface area contributed by atoms with E-state index in [1.807, 2.05) is 20.8 Å². The van der Waals surface area contributed by atoms with Crippen molar-refractivity contribution < 1.29 is 8.94 Å². The van der Waals surface area contributed by atoms with Gasteiger partial charge >= 0.3 is 0 Å². The van der Waals surface area contributed by atoms with Crippen LogP contribution in [0.1, 0.15) is 38.8 Å². The van der Waals surface area contributed by atoms with E-state index in [1.165, 1.54) is 12.1 Å². The van der Waals surface area contributed by atoms with Crippen LogP contribution in [-0.2, 0) is 11.4 Å². The highest BCUT2D eigenvalue weighted by molar-refractivity contribution is 7.90. The lowest BCUT2D eigenvalue weighted by Crippen LogP contribution is -2.41. The zero-order valence-electron chi connectivity index (χ0n) is 11.1. The topological polar surface area (TPSA) is 35.1 Å². The predicted octanol–water partition coefficient (Wildman–Crippen LogP) is 3.49. The van der Waals surface area contributed by atoms with E-state index in [9.17, 15) is 8.94 Å². The lowest BCUT2D eigenvalue weighted by atomic mass is 10.1. The Morgan fingerprint density at radius 2 is 1.94 bits per heavy atom. The molecular formula is C14H20FNOS. The number of hydrogen-bond donors (Lipinski definition) is 1. The number of hydrogen-bond acceptors (Lipinski definition) is 2. The van der Waals surface area contributed by atoms with Gasteiger partial charge in [0.2, 0.25) is 0 Å². The summed E-state index contributed by atoms with van der Waals surface area (Å²) >= 11 is -1.17. The Morgan fingerprint density at radius 3 is 2.39 bits per heavy atom. The van der Waals surface area contributed by atoms with Gasteiger partial charge in [0.15, 0.2) is 0 Å². The summed E-state index contributed by atoms with van der Waals surface area (Å²) in [6.07, 6.45) is 2.41. The maximum Gasteiger partial charge on any atom is 0.136 e. The summed E-state index contributed by atoms with van der Waals surface area (Å²) < 4.78 is 27.7. The van der Waals surface area contributed by atoms with Crippen LogP contribution in [0, 0.1) is 5.82 Å². The van der Waals surface area contributed by atoms with Crippen molar-refractivity contribution in [3.63, 3.8) is 0 Å². The molecule has 1 N–H and O–H groups in total. The standard InChI is InChI=1S/C14H20FNOS/c1-5-6-13(16-18(17)14(2,3)4)11-7-9-12(15)10-8-11/h5,7-10,13,16H,1,6H2,2-4H3. The number of benzene rings is 1. The summed E-state index contributed by atoms with van der Waals surface area (Å²) in [6.45, 7) is 9.43. The van der Waals surface area contributed by atoms with Crippen molar-refractivity contribution in [3.05, 3.63) is 48.3 Å². The highest BCUT2D eigenvalue weighted by Crippen LogP contribution is 2.22. The molecule has 2 unspecified atom stereocenters. The van der Waals surface area contributed by atoms with Gasteiger partial charge < -0.3 is 4.55 Å². The predicted molar refractivity (Wildman–Crippen MR) is 75.0 cm³/mol. The van der Waals surface area contributed by atoms with Gasteiger partial charge in [0.25, 0.3) is 0 Å². The molecule has 0 spiro atoms. The molecule has 0 radical (unpaired) electrons. The van der Waals surface area contributed by atoms with Crippen LogP contribution in [0.3, 0.4) is 0 Å². The Balaban J connectivity index is 2.83. The Hall–Kier alpha value is -0.840. The zero-order valence-corrected chi connectivity index (χ0v) is 11.9. The molecule has 0 aliphatic rings. The van der Waals surface area contributed by atoms with Crippen molar-refractivity contribution >= 4 is 11.4 Å². The van der Waals surface area contributed by atoms with E-state index in [4.69, 9.17) is 0 Å². The third-order valence-corrected chi connectivity index (χ3v) is 4.09. The first-order valence-electron chi connectivity index (χ1n) is 5.89. The van der Waals surface area contributed by atoms with Crippen molar-refractivity contribution in [1.82, 2.24) is 4.72 Å². The minimum Gasteiger partial charge on any atom is -0.598 e. The Kier molecular flexibility index (Phi) is 5.38. The number of nitrogens with one attached hydrogen (secondary N) is 1. The molecule has 0 amide bonds. The molecule has 0 aliphatic carbocycles. The van der Waals surface area contributed by atoms with Crippen molar-refractivity contribution in [3.8, 4) is 0 Å². The molecule has 0 heterocycles. The molecule has 0 fully saturated rings. The fourth-order valence-electron chi connectivity index (χ4n) is 1.42. The first-order chi connectivity index (χ1) is 8.34. The van der Waals surface area contributed by atoms with Crippen LogP contribution in [0.25, 0.3) is 0 Å². The first kappa shape index (κ1) is 15.2. The molecule has 0 aromatic heterocycles. The maximum absolute atomic E-state index is 12.9. The second kappa shape index (κ2) is 6.36. The van der Waals surface area contributed by atoms with Crippen LogP contribution in [0.4, 0.5) is 4.39 Å². The van der Waals surface area contributed by atoms with Crippen LogP contribution in [0.5, 0.6) is 0 Å². The summed E-state index contributed by atoms with van der Waals surface area (Å²) in [5.41, 5.74) is 0.911. The molecule has 18 heavy (non-hydrogen) atoms. The lowest BCUT2D eigenvalue weighted by molar-refractivity contribution is 0.524. The zero-order chi connectivity index (χ0) is 13.8. The fraction of sp³-hybridized carbons (Fsp3) is 0.429. The third-order valence-electron chi connectivity index (χ3n) is 2.48. The molecule has 1 aromatic rings. The average molecular weight is 269 g/mol. The van der Waals surface area contributed by atoms with E-state index in [1.54, 1.807) is 18.2 Å². The molecule has 0 saturated heterocycles. The second-order valence-electron chi connectivity index (χ2n) is 5.13. The minimum atomic E-state index is -1.17. The van der Waals surface area contributed by atoms with Crippen molar-refractivity contribution in [1.29, 1.82) is 0 Å². The van der Waals surface area contributed by atoms with Gasteiger partial charge in [0.1, 0.15) is 10.6 Å². The molecule has 100 valence electrons. The average Bonchev–Trinajstić information content (AvgIpc) is 2.28. The molecule has 1 aromatic carbocycles. The molecular weight excluding hydrogens is 249 g/mol. The maximum atomic E-state index is 12.9.